The number of nitrogens with one attached hydrogen (secondary N) is 2. The minimum absolute atomic E-state index is 0.0630. The van der Waals surface area contributed by atoms with Gasteiger partial charge in [0.05, 0.1) is 17.3 Å². The van der Waals surface area contributed by atoms with E-state index in [0.29, 0.717) is 48.0 Å². The highest BCUT2D eigenvalue weighted by atomic mass is 16.2. The molecule has 3 fully saturated rings. The fourth-order valence-electron chi connectivity index (χ4n) is 5.08. The number of fused-ring (bicyclic) bond motifs is 4. The second kappa shape index (κ2) is 7.66. The Morgan fingerprint density at radius 1 is 1.36 bits per heavy atom. The summed E-state index contributed by atoms with van der Waals surface area (Å²) in [5, 5.41) is 6.60. The average molecular weight is 387 g/mol. The van der Waals surface area contributed by atoms with Crippen molar-refractivity contribution >= 4 is 17.8 Å². The zero-order valence-corrected chi connectivity index (χ0v) is 16.9. The number of anilines is 1. The lowest BCUT2D eigenvalue weighted by molar-refractivity contribution is -0.148. The van der Waals surface area contributed by atoms with Crippen LogP contribution in [0.5, 0.6) is 0 Å². The Bertz CT molecular complexity index is 767. The van der Waals surface area contributed by atoms with Crippen LogP contribution >= 0.6 is 0 Å². The number of rotatable bonds is 4. The molecule has 2 bridgehead atoms. The van der Waals surface area contributed by atoms with Crippen molar-refractivity contribution in [3.8, 4) is 0 Å². The van der Waals surface area contributed by atoms with E-state index in [4.69, 9.17) is 0 Å². The van der Waals surface area contributed by atoms with Crippen molar-refractivity contribution in [3.63, 3.8) is 0 Å². The van der Waals surface area contributed by atoms with Crippen LogP contribution in [0.15, 0.2) is 6.20 Å². The van der Waals surface area contributed by atoms with Gasteiger partial charge in [-0.1, -0.05) is 0 Å². The molecular weight excluding hydrogens is 356 g/mol. The Balaban J connectivity index is 1.48. The van der Waals surface area contributed by atoms with Crippen LogP contribution in [0.3, 0.4) is 0 Å². The zero-order chi connectivity index (χ0) is 19.8. The van der Waals surface area contributed by atoms with Gasteiger partial charge in [-0.2, -0.15) is 0 Å². The van der Waals surface area contributed by atoms with Gasteiger partial charge in [0.1, 0.15) is 0 Å². The minimum atomic E-state index is -0.172. The van der Waals surface area contributed by atoms with Crippen LogP contribution in [-0.4, -0.2) is 72.5 Å². The Kier molecular flexibility index (Phi) is 5.23. The van der Waals surface area contributed by atoms with E-state index < -0.39 is 0 Å². The fraction of sp³-hybridized carbons (Fsp3) is 0.700. The molecule has 1 aromatic rings. The highest BCUT2D eigenvalue weighted by Crippen LogP contribution is 2.39. The van der Waals surface area contributed by atoms with Gasteiger partial charge in [0, 0.05) is 45.8 Å². The normalized spacial score (nSPS) is 29.2. The summed E-state index contributed by atoms with van der Waals surface area (Å²) in [5.74, 6) is 1.61. The summed E-state index contributed by atoms with van der Waals surface area (Å²) < 4.78 is 0. The number of carbonyl (C=O) groups is 2. The summed E-state index contributed by atoms with van der Waals surface area (Å²) in [7, 11) is 3.74. The smallest absolute Gasteiger partial charge is 0.254 e. The van der Waals surface area contributed by atoms with Crippen LogP contribution in [0.1, 0.15) is 41.7 Å². The van der Waals surface area contributed by atoms with E-state index in [0.717, 1.165) is 32.4 Å². The predicted molar refractivity (Wildman–Crippen MR) is 106 cm³/mol. The number of amides is 2. The summed E-state index contributed by atoms with van der Waals surface area (Å²) in [6.07, 6.45) is 5.42. The molecular formula is C20H30N6O2. The van der Waals surface area contributed by atoms with Gasteiger partial charge >= 0.3 is 0 Å². The first-order valence-electron chi connectivity index (χ1n) is 10.3. The summed E-state index contributed by atoms with van der Waals surface area (Å²) in [6, 6.07) is 0.379. The number of piperidine rings is 3. The molecule has 3 aliphatic rings. The van der Waals surface area contributed by atoms with E-state index in [1.165, 1.54) is 0 Å². The Morgan fingerprint density at radius 2 is 2.14 bits per heavy atom. The van der Waals surface area contributed by atoms with Crippen molar-refractivity contribution < 1.29 is 9.59 Å². The lowest BCUT2D eigenvalue weighted by atomic mass is 9.72. The fourth-order valence-corrected chi connectivity index (χ4v) is 5.08. The maximum atomic E-state index is 12.8. The molecule has 1 aromatic heterocycles. The number of carbonyl (C=O) groups excluding carboxylic acids is 2. The molecule has 0 radical (unpaired) electrons. The number of aromatic nitrogens is 2. The summed E-state index contributed by atoms with van der Waals surface area (Å²) in [6.45, 7) is 4.21. The van der Waals surface area contributed by atoms with Gasteiger partial charge in [-0.05, 0) is 44.6 Å². The molecule has 4 atom stereocenters. The van der Waals surface area contributed by atoms with Crippen molar-refractivity contribution in [3.05, 3.63) is 17.5 Å². The molecule has 4 heterocycles. The van der Waals surface area contributed by atoms with Gasteiger partial charge in [-0.15, -0.1) is 0 Å². The lowest BCUT2D eigenvalue weighted by Crippen LogP contribution is -2.66. The van der Waals surface area contributed by atoms with Gasteiger partial charge in [-0.3, -0.25) is 9.59 Å². The van der Waals surface area contributed by atoms with Gasteiger partial charge in [0.25, 0.3) is 5.91 Å². The monoisotopic (exact) mass is 386 g/mol. The number of aryl methyl sites for hydroxylation is 1. The van der Waals surface area contributed by atoms with Gasteiger partial charge in [-0.25, -0.2) is 9.97 Å². The van der Waals surface area contributed by atoms with E-state index in [9.17, 15) is 9.59 Å². The molecule has 0 spiro atoms. The van der Waals surface area contributed by atoms with E-state index in [1.807, 2.05) is 25.9 Å². The minimum Gasteiger partial charge on any atom is -0.350 e. The SMILES string of the molecule is Cc1nc(N(C)C)ncc1C(=O)NC[C@H]1[C@@H]2CNC[C@@H](C2)[C@@H]2CCCC(=O)N21. The first kappa shape index (κ1) is 19.1. The first-order chi connectivity index (χ1) is 13.5. The second-order valence-electron chi connectivity index (χ2n) is 8.52. The average Bonchev–Trinajstić information content (AvgIpc) is 2.68. The quantitative estimate of drug-likeness (QED) is 0.786. The molecule has 4 rings (SSSR count). The predicted octanol–water partition coefficient (Wildman–Crippen LogP) is 0.570. The van der Waals surface area contributed by atoms with Crippen LogP contribution in [-0.2, 0) is 4.79 Å². The topological polar surface area (TPSA) is 90.5 Å². The van der Waals surface area contributed by atoms with Crippen LogP contribution in [0, 0.1) is 18.8 Å². The maximum Gasteiger partial charge on any atom is 0.254 e. The molecule has 152 valence electrons. The first-order valence-corrected chi connectivity index (χ1v) is 10.3. The van der Waals surface area contributed by atoms with Crippen LogP contribution in [0.2, 0.25) is 0 Å². The third-order valence-electron chi connectivity index (χ3n) is 6.48. The van der Waals surface area contributed by atoms with E-state index in [1.54, 1.807) is 6.20 Å². The highest BCUT2D eigenvalue weighted by Gasteiger charge is 2.47. The maximum absolute atomic E-state index is 12.8. The third-order valence-corrected chi connectivity index (χ3v) is 6.48. The van der Waals surface area contributed by atoms with Crippen LogP contribution in [0.25, 0.3) is 0 Å². The van der Waals surface area contributed by atoms with Crippen molar-refractivity contribution in [1.29, 1.82) is 0 Å². The largest absolute Gasteiger partial charge is 0.350 e. The summed E-state index contributed by atoms with van der Waals surface area (Å²) in [5.41, 5.74) is 1.15. The van der Waals surface area contributed by atoms with Crippen LogP contribution < -0.4 is 15.5 Å². The molecule has 3 aliphatic heterocycles. The number of hydrogen-bond donors (Lipinski definition) is 2. The molecule has 8 heteroatoms. The van der Waals surface area contributed by atoms with Crippen molar-refractivity contribution in [2.45, 2.75) is 44.7 Å². The Hall–Kier alpha value is -2.22. The molecule has 0 saturated carbocycles. The van der Waals surface area contributed by atoms with E-state index in [2.05, 4.69) is 25.5 Å². The van der Waals surface area contributed by atoms with Gasteiger partial charge in [0.2, 0.25) is 11.9 Å². The van der Waals surface area contributed by atoms with Gasteiger partial charge in [0.15, 0.2) is 0 Å². The molecule has 2 amide bonds. The van der Waals surface area contributed by atoms with Crippen molar-refractivity contribution in [2.75, 3.05) is 38.6 Å². The summed E-state index contributed by atoms with van der Waals surface area (Å²) in [4.78, 5) is 38.1. The lowest BCUT2D eigenvalue weighted by Gasteiger charge is -2.54. The third kappa shape index (κ3) is 3.45. The molecule has 8 nitrogen and oxygen atoms in total. The molecule has 28 heavy (non-hydrogen) atoms. The van der Waals surface area contributed by atoms with E-state index in [-0.39, 0.29) is 17.9 Å². The summed E-state index contributed by atoms with van der Waals surface area (Å²) >= 11 is 0. The zero-order valence-electron chi connectivity index (χ0n) is 16.9. The molecule has 0 aliphatic carbocycles. The molecule has 0 unspecified atom stereocenters. The van der Waals surface area contributed by atoms with Gasteiger partial charge < -0.3 is 20.4 Å². The Labute approximate surface area is 166 Å². The Morgan fingerprint density at radius 3 is 2.89 bits per heavy atom. The van der Waals surface area contributed by atoms with Crippen molar-refractivity contribution in [1.82, 2.24) is 25.5 Å². The molecule has 0 aromatic carbocycles. The molecule has 3 saturated heterocycles. The van der Waals surface area contributed by atoms with E-state index >= 15 is 0 Å². The van der Waals surface area contributed by atoms with Crippen LogP contribution in [0.4, 0.5) is 5.95 Å². The number of nitrogens with zero attached hydrogens (tertiary/aromatic N) is 4. The second-order valence-corrected chi connectivity index (χ2v) is 8.52. The number of hydrogen-bond acceptors (Lipinski definition) is 6. The molecule has 2 N–H and O–H groups in total. The standard InChI is InChI=1S/C20H30N6O2/c1-12-15(10-23-20(24-12)25(2)3)19(28)22-11-17-14-7-13(8-21-9-14)16-5-4-6-18(27)26(16)17/h10,13-14,16-17,21H,4-9,11H2,1-3H3,(H,22,28)/t13-,14+,16+,17+/m1/s1. The highest BCUT2D eigenvalue weighted by molar-refractivity contribution is 5.95. The van der Waals surface area contributed by atoms with Crippen molar-refractivity contribution in [2.24, 2.45) is 11.8 Å².